The Morgan fingerprint density at radius 3 is 2.47 bits per heavy atom. The Morgan fingerprint density at radius 1 is 1.27 bits per heavy atom. The Hall–Kier alpha value is -1.03. The summed E-state index contributed by atoms with van der Waals surface area (Å²) in [6.07, 6.45) is 0.717. The summed E-state index contributed by atoms with van der Waals surface area (Å²) in [5.74, 6) is 1.39. The second kappa shape index (κ2) is 3.85. The number of fused-ring (bicyclic) bond motifs is 1. The average Bonchev–Trinajstić information content (AvgIpc) is 2.53. The van der Waals surface area contributed by atoms with Crippen molar-refractivity contribution in [3.63, 3.8) is 0 Å². The van der Waals surface area contributed by atoms with E-state index in [1.807, 2.05) is 6.07 Å². The number of carbonyl (C=O) groups is 1. The molecule has 15 heavy (non-hydrogen) atoms. The summed E-state index contributed by atoms with van der Waals surface area (Å²) in [5.41, 5.74) is 1.74. The average molecular weight is 271 g/mol. The number of Topliss-reactive ketones (excluding diaryl/α,β-unsaturated/α-hetero) is 1. The SMILES string of the molecule is COc1cc2c(cc1OC)C(=O)[C@@H](Br)C2. The minimum atomic E-state index is -0.107. The third-order valence-electron chi connectivity index (χ3n) is 2.56. The minimum absolute atomic E-state index is 0.107. The summed E-state index contributed by atoms with van der Waals surface area (Å²) in [6, 6.07) is 3.62. The number of halogens is 1. The second-order valence-corrected chi connectivity index (χ2v) is 4.51. The highest BCUT2D eigenvalue weighted by Gasteiger charge is 2.29. The number of methoxy groups -OCH3 is 2. The fourth-order valence-electron chi connectivity index (χ4n) is 1.77. The minimum Gasteiger partial charge on any atom is -0.493 e. The Balaban J connectivity index is 2.53. The van der Waals surface area contributed by atoms with E-state index in [9.17, 15) is 4.79 Å². The van der Waals surface area contributed by atoms with E-state index in [1.165, 1.54) is 0 Å². The van der Waals surface area contributed by atoms with Crippen LogP contribution in [0.5, 0.6) is 11.5 Å². The van der Waals surface area contributed by atoms with Crippen molar-refractivity contribution in [2.24, 2.45) is 0 Å². The molecule has 80 valence electrons. The highest BCUT2D eigenvalue weighted by molar-refractivity contribution is 9.10. The van der Waals surface area contributed by atoms with Crippen molar-refractivity contribution in [2.45, 2.75) is 11.2 Å². The first kappa shape index (κ1) is 10.5. The molecule has 0 heterocycles. The number of benzene rings is 1. The molecule has 1 aromatic rings. The van der Waals surface area contributed by atoms with Crippen molar-refractivity contribution in [1.82, 2.24) is 0 Å². The number of hydrogen-bond donors (Lipinski definition) is 0. The quantitative estimate of drug-likeness (QED) is 0.773. The van der Waals surface area contributed by atoms with Crippen molar-refractivity contribution in [3.05, 3.63) is 23.3 Å². The zero-order valence-electron chi connectivity index (χ0n) is 8.54. The first-order chi connectivity index (χ1) is 7.17. The molecule has 0 amide bonds. The van der Waals surface area contributed by atoms with Crippen LogP contribution in [-0.2, 0) is 6.42 Å². The third-order valence-corrected chi connectivity index (χ3v) is 3.30. The van der Waals surface area contributed by atoms with Crippen molar-refractivity contribution in [3.8, 4) is 11.5 Å². The van der Waals surface area contributed by atoms with Gasteiger partial charge in [0.05, 0.1) is 19.0 Å². The molecule has 2 rings (SSSR count). The number of ketones is 1. The largest absolute Gasteiger partial charge is 0.493 e. The lowest BCUT2D eigenvalue weighted by Crippen LogP contribution is -2.06. The summed E-state index contributed by atoms with van der Waals surface area (Å²) >= 11 is 3.35. The van der Waals surface area contributed by atoms with Gasteiger partial charge >= 0.3 is 0 Å². The first-order valence-electron chi connectivity index (χ1n) is 4.60. The highest BCUT2D eigenvalue weighted by atomic mass is 79.9. The number of hydrogen-bond acceptors (Lipinski definition) is 3. The van der Waals surface area contributed by atoms with Crippen LogP contribution < -0.4 is 9.47 Å². The van der Waals surface area contributed by atoms with Gasteiger partial charge in [-0.15, -0.1) is 0 Å². The highest BCUT2D eigenvalue weighted by Crippen LogP contribution is 2.36. The normalized spacial score (nSPS) is 18.9. The predicted molar refractivity (Wildman–Crippen MR) is 60.3 cm³/mol. The molecule has 0 aliphatic heterocycles. The van der Waals surface area contributed by atoms with Crippen molar-refractivity contribution in [2.75, 3.05) is 14.2 Å². The Kier molecular flexibility index (Phi) is 2.69. The molecule has 0 saturated carbocycles. The maximum absolute atomic E-state index is 11.7. The van der Waals surface area contributed by atoms with Crippen LogP contribution in [0.1, 0.15) is 15.9 Å². The monoisotopic (exact) mass is 270 g/mol. The molecule has 0 spiro atoms. The van der Waals surface area contributed by atoms with Gasteiger partial charge in [-0.3, -0.25) is 4.79 Å². The standard InChI is InChI=1S/C11H11BrO3/c1-14-9-4-6-3-8(12)11(13)7(6)5-10(9)15-2/h4-5,8H,3H2,1-2H3/t8-/m0/s1. The molecule has 0 N–H and O–H groups in total. The van der Waals surface area contributed by atoms with Crippen LogP contribution >= 0.6 is 15.9 Å². The lowest BCUT2D eigenvalue weighted by Gasteiger charge is -2.09. The molecular formula is C11H11BrO3. The first-order valence-corrected chi connectivity index (χ1v) is 5.52. The van der Waals surface area contributed by atoms with Gasteiger partial charge in [-0.2, -0.15) is 0 Å². The van der Waals surface area contributed by atoms with Crippen LogP contribution in [0.25, 0.3) is 0 Å². The molecule has 0 aromatic heterocycles. The van der Waals surface area contributed by atoms with Crippen LogP contribution in [0, 0.1) is 0 Å². The van der Waals surface area contributed by atoms with Crippen molar-refractivity contribution < 1.29 is 14.3 Å². The van der Waals surface area contributed by atoms with Crippen molar-refractivity contribution in [1.29, 1.82) is 0 Å². The molecule has 1 aliphatic rings. The van der Waals surface area contributed by atoms with Gasteiger partial charge in [0.15, 0.2) is 17.3 Å². The van der Waals surface area contributed by atoms with Crippen LogP contribution in [0.15, 0.2) is 12.1 Å². The van der Waals surface area contributed by atoms with E-state index in [0.29, 0.717) is 17.9 Å². The van der Waals surface area contributed by atoms with E-state index in [-0.39, 0.29) is 10.6 Å². The van der Waals surface area contributed by atoms with Gasteiger partial charge in [0.25, 0.3) is 0 Å². The molecule has 4 heteroatoms. The van der Waals surface area contributed by atoms with E-state index in [0.717, 1.165) is 11.1 Å². The maximum atomic E-state index is 11.7. The van der Waals surface area contributed by atoms with Crippen LogP contribution in [-0.4, -0.2) is 24.8 Å². The lowest BCUT2D eigenvalue weighted by atomic mass is 10.1. The zero-order chi connectivity index (χ0) is 11.0. The maximum Gasteiger partial charge on any atom is 0.177 e. The van der Waals surface area contributed by atoms with Gasteiger partial charge in [0.1, 0.15) is 0 Å². The zero-order valence-corrected chi connectivity index (χ0v) is 10.1. The topological polar surface area (TPSA) is 35.5 Å². The Labute approximate surface area is 96.5 Å². The summed E-state index contributed by atoms with van der Waals surface area (Å²) in [5, 5.41) is 0. The van der Waals surface area contributed by atoms with Crippen LogP contribution in [0.4, 0.5) is 0 Å². The molecule has 1 aromatic carbocycles. The van der Waals surface area contributed by atoms with E-state index >= 15 is 0 Å². The van der Waals surface area contributed by atoms with Gasteiger partial charge in [-0.25, -0.2) is 0 Å². The van der Waals surface area contributed by atoms with Gasteiger partial charge in [-0.05, 0) is 24.1 Å². The van der Waals surface area contributed by atoms with E-state index in [2.05, 4.69) is 15.9 Å². The number of carbonyl (C=O) groups excluding carboxylic acids is 1. The molecule has 0 radical (unpaired) electrons. The number of alkyl halides is 1. The summed E-state index contributed by atoms with van der Waals surface area (Å²) < 4.78 is 10.3. The smallest absolute Gasteiger partial charge is 0.177 e. The van der Waals surface area contributed by atoms with E-state index < -0.39 is 0 Å². The Morgan fingerprint density at radius 2 is 1.87 bits per heavy atom. The van der Waals surface area contributed by atoms with Crippen molar-refractivity contribution >= 4 is 21.7 Å². The second-order valence-electron chi connectivity index (χ2n) is 3.40. The third kappa shape index (κ3) is 1.63. The van der Waals surface area contributed by atoms with Crippen LogP contribution in [0.3, 0.4) is 0 Å². The molecule has 0 unspecified atom stereocenters. The van der Waals surface area contributed by atoms with Gasteiger partial charge < -0.3 is 9.47 Å². The fraction of sp³-hybridized carbons (Fsp3) is 0.364. The van der Waals surface area contributed by atoms with Crippen LogP contribution in [0.2, 0.25) is 0 Å². The molecule has 1 aliphatic carbocycles. The Bertz CT molecular complexity index is 415. The summed E-state index contributed by atoms with van der Waals surface area (Å²) in [4.78, 5) is 11.6. The summed E-state index contributed by atoms with van der Waals surface area (Å²) in [7, 11) is 3.15. The number of ether oxygens (including phenoxy) is 2. The predicted octanol–water partition coefficient (Wildman–Crippen LogP) is 2.21. The van der Waals surface area contributed by atoms with E-state index in [1.54, 1.807) is 20.3 Å². The lowest BCUT2D eigenvalue weighted by molar-refractivity contribution is 0.100. The molecule has 0 saturated heterocycles. The van der Waals surface area contributed by atoms with Gasteiger partial charge in [-0.1, -0.05) is 15.9 Å². The van der Waals surface area contributed by atoms with E-state index in [4.69, 9.17) is 9.47 Å². The number of rotatable bonds is 2. The molecule has 0 bridgehead atoms. The van der Waals surface area contributed by atoms with Gasteiger partial charge in [0.2, 0.25) is 0 Å². The fourth-order valence-corrected chi connectivity index (χ4v) is 2.37. The molecular weight excluding hydrogens is 260 g/mol. The summed E-state index contributed by atoms with van der Waals surface area (Å²) in [6.45, 7) is 0. The van der Waals surface area contributed by atoms with Gasteiger partial charge in [0, 0.05) is 5.56 Å². The molecule has 1 atom stereocenters. The molecule has 3 nitrogen and oxygen atoms in total. The molecule has 0 fully saturated rings.